The van der Waals surface area contributed by atoms with E-state index in [2.05, 4.69) is 4.98 Å². The van der Waals surface area contributed by atoms with Gasteiger partial charge in [0, 0.05) is 12.7 Å². The summed E-state index contributed by atoms with van der Waals surface area (Å²) in [4.78, 5) is 3.66. The van der Waals surface area contributed by atoms with E-state index in [4.69, 9.17) is 5.14 Å². The molecule has 0 aliphatic carbocycles. The molecule has 0 radical (unpaired) electrons. The molecule has 1 aromatic heterocycles. The number of aromatic nitrogens is 2. The quantitative estimate of drug-likeness (QED) is 0.877. The van der Waals surface area contributed by atoms with Crippen LogP contribution in [0.1, 0.15) is 5.56 Å². The molecule has 2 N–H and O–H groups in total. The predicted octanol–water partition coefficient (Wildman–Crippen LogP) is 0.718. The molecule has 0 amide bonds. The van der Waals surface area contributed by atoms with Crippen LogP contribution < -0.4 is 5.14 Å². The van der Waals surface area contributed by atoms with Crippen molar-refractivity contribution in [3.63, 3.8) is 0 Å². The molecule has 2 aromatic rings. The molecule has 1 aromatic carbocycles. The Kier molecular flexibility index (Phi) is 2.95. The Bertz CT molecular complexity index is 637. The minimum atomic E-state index is -3.79. The zero-order chi connectivity index (χ0) is 12.5. The number of rotatable bonds is 3. The van der Waals surface area contributed by atoms with Crippen LogP contribution in [-0.2, 0) is 16.6 Å². The van der Waals surface area contributed by atoms with Gasteiger partial charge in [-0.05, 0) is 17.7 Å². The highest BCUT2D eigenvalue weighted by molar-refractivity contribution is 7.89. The Morgan fingerprint density at radius 2 is 2.18 bits per heavy atom. The molecule has 0 bridgehead atoms. The van der Waals surface area contributed by atoms with Crippen LogP contribution in [-0.4, -0.2) is 18.0 Å². The number of nitrogens with two attached hydrogens (primary N) is 1. The average molecular weight is 255 g/mol. The van der Waals surface area contributed by atoms with E-state index in [1.54, 1.807) is 12.1 Å². The molecule has 0 saturated heterocycles. The summed E-state index contributed by atoms with van der Waals surface area (Å²) in [6.07, 6.45) is 2.64. The van der Waals surface area contributed by atoms with Gasteiger partial charge in [0.2, 0.25) is 0 Å². The number of benzene rings is 1. The molecule has 17 heavy (non-hydrogen) atoms. The van der Waals surface area contributed by atoms with Gasteiger partial charge < -0.3 is 4.57 Å². The predicted molar refractivity (Wildman–Crippen MR) is 59.1 cm³/mol. The Labute approximate surface area is 97.8 Å². The zero-order valence-electron chi connectivity index (χ0n) is 8.75. The van der Waals surface area contributed by atoms with Gasteiger partial charge in [0.25, 0.3) is 10.0 Å². The molecule has 1 heterocycles. The third-order valence-electron chi connectivity index (χ3n) is 2.16. The molecular weight excluding hydrogens is 245 g/mol. The Hall–Kier alpha value is -1.73. The zero-order valence-corrected chi connectivity index (χ0v) is 9.56. The van der Waals surface area contributed by atoms with Crippen molar-refractivity contribution in [2.75, 3.05) is 0 Å². The van der Waals surface area contributed by atoms with E-state index in [1.165, 1.54) is 29.2 Å². The summed E-state index contributed by atoms with van der Waals surface area (Å²) in [5.74, 6) is -0.339. The lowest BCUT2D eigenvalue weighted by molar-refractivity contribution is 0.594. The van der Waals surface area contributed by atoms with Gasteiger partial charge in [0.1, 0.15) is 5.82 Å². The maximum absolute atomic E-state index is 12.9. The first kappa shape index (κ1) is 11.7. The number of nitrogens with zero attached hydrogens (tertiary/aromatic N) is 2. The monoisotopic (exact) mass is 255 g/mol. The van der Waals surface area contributed by atoms with Gasteiger partial charge in [-0.25, -0.2) is 22.9 Å². The molecule has 90 valence electrons. The van der Waals surface area contributed by atoms with Gasteiger partial charge in [-0.3, -0.25) is 0 Å². The van der Waals surface area contributed by atoms with Crippen molar-refractivity contribution in [1.29, 1.82) is 0 Å². The van der Waals surface area contributed by atoms with Gasteiger partial charge in [-0.2, -0.15) is 0 Å². The molecule has 0 atom stereocenters. The number of imidazole rings is 1. The second-order valence-corrected chi connectivity index (χ2v) is 5.07. The maximum atomic E-state index is 12.9. The van der Waals surface area contributed by atoms with Crippen LogP contribution >= 0.6 is 0 Å². The van der Waals surface area contributed by atoms with Crippen LogP contribution in [0.2, 0.25) is 0 Å². The van der Waals surface area contributed by atoms with E-state index in [-0.39, 0.29) is 10.8 Å². The van der Waals surface area contributed by atoms with Crippen LogP contribution in [0.4, 0.5) is 4.39 Å². The van der Waals surface area contributed by atoms with Crippen LogP contribution in [0.3, 0.4) is 0 Å². The van der Waals surface area contributed by atoms with Crippen molar-refractivity contribution < 1.29 is 12.8 Å². The number of primary sulfonamides is 1. The fourth-order valence-electron chi connectivity index (χ4n) is 1.42. The molecular formula is C10H10FN3O2S. The number of hydrogen-bond donors (Lipinski definition) is 1. The minimum absolute atomic E-state index is 0.200. The van der Waals surface area contributed by atoms with Gasteiger partial charge in [0.05, 0.1) is 6.33 Å². The smallest absolute Gasteiger partial charge is 0.257 e. The highest BCUT2D eigenvalue weighted by atomic mass is 32.2. The third kappa shape index (κ3) is 2.89. The van der Waals surface area contributed by atoms with Crippen LogP contribution in [0.15, 0.2) is 41.8 Å². The van der Waals surface area contributed by atoms with E-state index in [0.717, 1.165) is 0 Å². The van der Waals surface area contributed by atoms with Gasteiger partial charge >= 0.3 is 0 Å². The summed E-state index contributed by atoms with van der Waals surface area (Å²) in [6, 6.07) is 6.03. The van der Waals surface area contributed by atoms with Gasteiger partial charge in [-0.15, -0.1) is 0 Å². The average Bonchev–Trinajstić information content (AvgIpc) is 2.65. The lowest BCUT2D eigenvalue weighted by Crippen LogP contribution is -2.12. The fourth-order valence-corrected chi connectivity index (χ4v) is 1.90. The highest BCUT2D eigenvalue weighted by Crippen LogP contribution is 2.08. The lowest BCUT2D eigenvalue weighted by atomic mass is 10.2. The first-order chi connectivity index (χ1) is 7.95. The van der Waals surface area contributed by atoms with Crippen molar-refractivity contribution in [3.8, 4) is 0 Å². The molecule has 0 aliphatic rings. The van der Waals surface area contributed by atoms with Crippen LogP contribution in [0.25, 0.3) is 0 Å². The Balaban J connectivity index is 2.23. The molecule has 0 saturated carbocycles. The normalized spacial score (nSPS) is 11.6. The Morgan fingerprint density at radius 3 is 2.76 bits per heavy atom. The Morgan fingerprint density at radius 1 is 1.41 bits per heavy atom. The molecule has 0 fully saturated rings. The summed E-state index contributed by atoms with van der Waals surface area (Å²) in [5, 5.41) is 4.72. The minimum Gasteiger partial charge on any atom is -0.332 e. The molecule has 7 heteroatoms. The molecule has 0 aliphatic heterocycles. The van der Waals surface area contributed by atoms with Gasteiger partial charge in [-0.1, -0.05) is 12.1 Å². The van der Waals surface area contributed by atoms with Crippen LogP contribution in [0, 0.1) is 5.82 Å². The number of halogens is 1. The second kappa shape index (κ2) is 4.27. The lowest BCUT2D eigenvalue weighted by Gasteiger charge is -2.01. The summed E-state index contributed by atoms with van der Waals surface area (Å²) in [7, 11) is -3.79. The summed E-state index contributed by atoms with van der Waals surface area (Å²) < 4.78 is 36.4. The fraction of sp³-hybridized carbons (Fsp3) is 0.100. The largest absolute Gasteiger partial charge is 0.332 e. The number of hydrogen-bond acceptors (Lipinski definition) is 3. The summed E-state index contributed by atoms with van der Waals surface area (Å²) >= 11 is 0. The number of sulfonamides is 1. The van der Waals surface area contributed by atoms with E-state index >= 15 is 0 Å². The van der Waals surface area contributed by atoms with Crippen LogP contribution in [0.5, 0.6) is 0 Å². The van der Waals surface area contributed by atoms with E-state index < -0.39 is 10.0 Å². The maximum Gasteiger partial charge on any atom is 0.257 e. The molecule has 2 rings (SSSR count). The third-order valence-corrected chi connectivity index (χ3v) is 2.95. The van der Waals surface area contributed by atoms with E-state index in [9.17, 15) is 12.8 Å². The SMILES string of the molecule is NS(=O)(=O)c1cn(Cc2cccc(F)c2)cn1. The standard InChI is InChI=1S/C10H10FN3O2S/c11-9-3-1-2-8(4-9)5-14-6-10(13-7-14)17(12,15)16/h1-4,6-7H,5H2,(H2,12,15,16). The first-order valence-electron chi connectivity index (χ1n) is 4.74. The van der Waals surface area contributed by atoms with Gasteiger partial charge in [0.15, 0.2) is 5.03 Å². The molecule has 0 spiro atoms. The molecule has 0 unspecified atom stereocenters. The van der Waals surface area contributed by atoms with Crippen molar-refractivity contribution in [2.24, 2.45) is 5.14 Å². The van der Waals surface area contributed by atoms with Crippen molar-refractivity contribution in [2.45, 2.75) is 11.6 Å². The van der Waals surface area contributed by atoms with Crippen molar-refractivity contribution in [3.05, 3.63) is 48.2 Å². The topological polar surface area (TPSA) is 78.0 Å². The highest BCUT2D eigenvalue weighted by Gasteiger charge is 2.11. The van der Waals surface area contributed by atoms with Crippen molar-refractivity contribution >= 4 is 10.0 Å². The first-order valence-corrected chi connectivity index (χ1v) is 6.29. The summed E-state index contributed by atoms with van der Waals surface area (Å²) in [6.45, 7) is 0.334. The van der Waals surface area contributed by atoms with Crippen molar-refractivity contribution in [1.82, 2.24) is 9.55 Å². The summed E-state index contributed by atoms with van der Waals surface area (Å²) in [5.41, 5.74) is 0.711. The second-order valence-electron chi connectivity index (χ2n) is 3.56. The van der Waals surface area contributed by atoms with E-state index in [0.29, 0.717) is 12.1 Å². The molecule has 5 nitrogen and oxygen atoms in total. The van der Waals surface area contributed by atoms with E-state index in [1.807, 2.05) is 0 Å².